The summed E-state index contributed by atoms with van der Waals surface area (Å²) in [6.07, 6.45) is 0.544. The zero-order chi connectivity index (χ0) is 10.7. The van der Waals surface area contributed by atoms with E-state index in [0.717, 1.165) is 0 Å². The lowest BCUT2D eigenvalue weighted by atomic mass is 9.66. The molecule has 0 aliphatic rings. The number of hydrogen-bond acceptors (Lipinski definition) is 2. The predicted molar refractivity (Wildman–Crippen MR) is 51.7 cm³/mol. The van der Waals surface area contributed by atoms with Crippen LogP contribution >= 0.6 is 0 Å². The van der Waals surface area contributed by atoms with Gasteiger partial charge in [0.05, 0.1) is 5.41 Å². The van der Waals surface area contributed by atoms with Gasteiger partial charge in [-0.15, -0.1) is 0 Å². The van der Waals surface area contributed by atoms with Crippen LogP contribution in [0.5, 0.6) is 0 Å². The highest BCUT2D eigenvalue weighted by Crippen LogP contribution is 2.41. The van der Waals surface area contributed by atoms with E-state index in [2.05, 4.69) is 0 Å². The minimum Gasteiger partial charge on any atom is -0.481 e. The van der Waals surface area contributed by atoms with Crippen LogP contribution in [0.15, 0.2) is 0 Å². The van der Waals surface area contributed by atoms with Gasteiger partial charge in [0.25, 0.3) is 0 Å². The summed E-state index contributed by atoms with van der Waals surface area (Å²) in [6.45, 7) is 8.08. The monoisotopic (exact) mass is 188 g/mol. The number of hydrogen-bond donors (Lipinski definition) is 1. The Morgan fingerprint density at radius 1 is 1.31 bits per heavy atom. The van der Waals surface area contributed by atoms with E-state index in [0.29, 0.717) is 13.0 Å². The highest BCUT2D eigenvalue weighted by molar-refractivity contribution is 5.75. The fourth-order valence-corrected chi connectivity index (χ4v) is 1.11. The summed E-state index contributed by atoms with van der Waals surface area (Å²) < 4.78 is 4.92. The number of methoxy groups -OCH3 is 1. The number of aliphatic carboxylic acids is 1. The smallest absolute Gasteiger partial charge is 0.309 e. The first-order chi connectivity index (χ1) is 5.75. The Balaban J connectivity index is 4.64. The van der Waals surface area contributed by atoms with Crippen molar-refractivity contribution in [3.63, 3.8) is 0 Å². The van der Waals surface area contributed by atoms with Crippen molar-refractivity contribution >= 4 is 5.97 Å². The maximum absolute atomic E-state index is 11.1. The molecule has 0 bridgehead atoms. The topological polar surface area (TPSA) is 46.5 Å². The maximum Gasteiger partial charge on any atom is 0.309 e. The van der Waals surface area contributed by atoms with Crippen LogP contribution in [-0.4, -0.2) is 24.8 Å². The van der Waals surface area contributed by atoms with Crippen molar-refractivity contribution in [3.05, 3.63) is 0 Å². The van der Waals surface area contributed by atoms with Crippen LogP contribution < -0.4 is 0 Å². The van der Waals surface area contributed by atoms with Gasteiger partial charge in [-0.3, -0.25) is 4.79 Å². The summed E-state index contributed by atoms with van der Waals surface area (Å²) >= 11 is 0. The molecule has 1 atom stereocenters. The van der Waals surface area contributed by atoms with Crippen molar-refractivity contribution in [1.29, 1.82) is 0 Å². The molecule has 0 saturated carbocycles. The van der Waals surface area contributed by atoms with Gasteiger partial charge in [0, 0.05) is 13.7 Å². The summed E-state index contributed by atoms with van der Waals surface area (Å²) in [4.78, 5) is 11.1. The van der Waals surface area contributed by atoms with Crippen LogP contribution in [0.2, 0.25) is 0 Å². The van der Waals surface area contributed by atoms with Gasteiger partial charge in [0.1, 0.15) is 0 Å². The van der Waals surface area contributed by atoms with Crippen molar-refractivity contribution in [2.75, 3.05) is 13.7 Å². The van der Waals surface area contributed by atoms with Gasteiger partial charge in [-0.05, 0) is 18.8 Å². The van der Waals surface area contributed by atoms with Crippen LogP contribution in [-0.2, 0) is 9.53 Å². The van der Waals surface area contributed by atoms with Gasteiger partial charge in [-0.25, -0.2) is 0 Å². The van der Waals surface area contributed by atoms with E-state index in [-0.39, 0.29) is 5.41 Å². The van der Waals surface area contributed by atoms with Crippen LogP contribution in [0.4, 0.5) is 0 Å². The van der Waals surface area contributed by atoms with Crippen molar-refractivity contribution in [3.8, 4) is 0 Å². The molecule has 0 spiro atoms. The second kappa shape index (κ2) is 4.09. The molecule has 0 saturated heterocycles. The quantitative estimate of drug-likeness (QED) is 0.735. The van der Waals surface area contributed by atoms with Crippen molar-refractivity contribution in [1.82, 2.24) is 0 Å². The molecule has 13 heavy (non-hydrogen) atoms. The molecule has 0 heterocycles. The Hall–Kier alpha value is -0.570. The zero-order valence-corrected chi connectivity index (χ0v) is 9.18. The Bertz CT molecular complexity index is 181. The Kier molecular flexibility index (Phi) is 3.91. The van der Waals surface area contributed by atoms with E-state index >= 15 is 0 Å². The van der Waals surface area contributed by atoms with E-state index in [1.54, 1.807) is 14.0 Å². The molecular formula is C10H20O3. The van der Waals surface area contributed by atoms with Crippen LogP contribution in [0.25, 0.3) is 0 Å². The second-order valence-electron chi connectivity index (χ2n) is 4.63. The highest BCUT2D eigenvalue weighted by atomic mass is 16.5. The lowest BCUT2D eigenvalue weighted by molar-refractivity contribution is -0.156. The third-order valence-electron chi connectivity index (χ3n) is 2.93. The molecule has 0 aliphatic heterocycles. The molecule has 0 aromatic rings. The fourth-order valence-electron chi connectivity index (χ4n) is 1.11. The largest absolute Gasteiger partial charge is 0.481 e. The molecule has 0 aromatic carbocycles. The lowest BCUT2D eigenvalue weighted by Gasteiger charge is -2.37. The van der Waals surface area contributed by atoms with Crippen LogP contribution in [0.1, 0.15) is 34.1 Å². The van der Waals surface area contributed by atoms with Gasteiger partial charge in [-0.2, -0.15) is 0 Å². The van der Waals surface area contributed by atoms with Crippen molar-refractivity contribution < 1.29 is 14.6 Å². The zero-order valence-electron chi connectivity index (χ0n) is 9.18. The van der Waals surface area contributed by atoms with E-state index in [4.69, 9.17) is 9.84 Å². The summed E-state index contributed by atoms with van der Waals surface area (Å²) in [7, 11) is 1.59. The fraction of sp³-hybridized carbons (Fsp3) is 0.900. The molecule has 0 amide bonds. The summed E-state index contributed by atoms with van der Waals surface area (Å²) in [5, 5.41) is 9.14. The Morgan fingerprint density at radius 2 is 1.77 bits per heavy atom. The molecular weight excluding hydrogens is 168 g/mol. The van der Waals surface area contributed by atoms with Gasteiger partial charge >= 0.3 is 5.97 Å². The minimum atomic E-state index is -0.753. The van der Waals surface area contributed by atoms with E-state index in [1.165, 1.54) is 0 Å². The molecule has 0 rings (SSSR count). The first-order valence-corrected chi connectivity index (χ1v) is 4.48. The van der Waals surface area contributed by atoms with Crippen LogP contribution in [0, 0.1) is 10.8 Å². The van der Waals surface area contributed by atoms with E-state index in [1.807, 2.05) is 20.8 Å². The standard InChI is InChI=1S/C10H20O3/c1-9(2,3)10(4,8(11)12)6-7-13-5/h6-7H2,1-5H3,(H,11,12). The van der Waals surface area contributed by atoms with Gasteiger partial charge in [0.2, 0.25) is 0 Å². The van der Waals surface area contributed by atoms with E-state index < -0.39 is 11.4 Å². The minimum absolute atomic E-state index is 0.253. The maximum atomic E-state index is 11.1. The molecule has 0 aromatic heterocycles. The number of carbonyl (C=O) groups is 1. The third kappa shape index (κ3) is 2.69. The van der Waals surface area contributed by atoms with Gasteiger partial charge in [0.15, 0.2) is 0 Å². The molecule has 0 radical (unpaired) electrons. The predicted octanol–water partition coefficient (Wildman–Crippen LogP) is 2.16. The van der Waals surface area contributed by atoms with E-state index in [9.17, 15) is 4.79 Å². The van der Waals surface area contributed by atoms with Crippen molar-refractivity contribution in [2.24, 2.45) is 10.8 Å². The van der Waals surface area contributed by atoms with Crippen molar-refractivity contribution in [2.45, 2.75) is 34.1 Å². The molecule has 78 valence electrons. The molecule has 0 aliphatic carbocycles. The average molecular weight is 188 g/mol. The third-order valence-corrected chi connectivity index (χ3v) is 2.93. The summed E-state index contributed by atoms with van der Waals surface area (Å²) in [5.74, 6) is -0.753. The average Bonchev–Trinajstić information content (AvgIpc) is 1.97. The Morgan fingerprint density at radius 3 is 2.00 bits per heavy atom. The number of rotatable bonds is 4. The first-order valence-electron chi connectivity index (χ1n) is 4.48. The molecule has 3 heteroatoms. The van der Waals surface area contributed by atoms with Crippen LogP contribution in [0.3, 0.4) is 0 Å². The number of ether oxygens (including phenoxy) is 1. The molecule has 1 unspecified atom stereocenters. The summed E-state index contributed by atoms with van der Waals surface area (Å²) in [5.41, 5.74) is -0.972. The van der Waals surface area contributed by atoms with Gasteiger partial charge < -0.3 is 9.84 Å². The molecule has 1 N–H and O–H groups in total. The lowest BCUT2D eigenvalue weighted by Crippen LogP contribution is -2.41. The number of carboxylic acids is 1. The number of carboxylic acid groups (broad SMARTS) is 1. The normalized spacial score (nSPS) is 16.7. The first kappa shape index (κ1) is 12.4. The Labute approximate surface area is 80.1 Å². The SMILES string of the molecule is COCCC(C)(C(=O)O)C(C)(C)C. The molecule has 3 nitrogen and oxygen atoms in total. The summed E-state index contributed by atoms with van der Waals surface area (Å²) in [6, 6.07) is 0. The molecule has 0 fully saturated rings. The second-order valence-corrected chi connectivity index (χ2v) is 4.63. The highest BCUT2D eigenvalue weighted by Gasteiger charge is 2.43. The van der Waals surface area contributed by atoms with Gasteiger partial charge in [-0.1, -0.05) is 20.8 Å².